The fourth-order valence-electron chi connectivity index (χ4n) is 6.27. The molecule has 2 unspecified atom stereocenters. The number of carbonyl (C=O) groups is 2. The number of piperazine rings is 1. The molecule has 0 spiro atoms. The van der Waals surface area contributed by atoms with E-state index in [9.17, 15) is 9.59 Å². The van der Waals surface area contributed by atoms with Gasteiger partial charge in [0.05, 0.1) is 6.61 Å². The number of nitrogens with one attached hydrogen (secondary N) is 1. The Kier molecular flexibility index (Phi) is 9.13. The minimum atomic E-state index is -0.0909. The molecule has 1 heterocycles. The van der Waals surface area contributed by atoms with Gasteiger partial charge in [-0.1, -0.05) is 67.4 Å². The summed E-state index contributed by atoms with van der Waals surface area (Å²) in [4.78, 5) is 32.3. The minimum absolute atomic E-state index is 0.0326. The van der Waals surface area contributed by atoms with Gasteiger partial charge in [0.15, 0.2) is 0 Å². The predicted octanol–water partition coefficient (Wildman–Crippen LogP) is 5.53. The second-order valence-electron chi connectivity index (χ2n) is 11.9. The second kappa shape index (κ2) is 12.8. The van der Waals surface area contributed by atoms with Crippen LogP contribution in [0.2, 0.25) is 5.02 Å². The number of urea groups is 1. The molecular formula is C32H41ClN4O3. The first kappa shape index (κ1) is 28.7. The van der Waals surface area contributed by atoms with Crippen molar-refractivity contribution < 1.29 is 14.3 Å². The van der Waals surface area contributed by atoms with Gasteiger partial charge in [0.2, 0.25) is 5.91 Å². The van der Waals surface area contributed by atoms with Crippen LogP contribution in [-0.2, 0) is 16.1 Å². The van der Waals surface area contributed by atoms with Crippen LogP contribution in [0.1, 0.15) is 32.3 Å². The molecule has 4 aliphatic rings. The first-order valence-electron chi connectivity index (χ1n) is 14.4. The van der Waals surface area contributed by atoms with Crippen molar-refractivity contribution in [2.75, 3.05) is 57.7 Å². The summed E-state index contributed by atoms with van der Waals surface area (Å²) in [5.41, 5.74) is 3.51. The van der Waals surface area contributed by atoms with Crippen molar-refractivity contribution in [1.29, 1.82) is 0 Å². The minimum Gasteiger partial charge on any atom is -0.367 e. The maximum absolute atomic E-state index is 13.4. The molecule has 2 fully saturated rings. The van der Waals surface area contributed by atoms with Gasteiger partial charge in [0, 0.05) is 56.5 Å². The van der Waals surface area contributed by atoms with Gasteiger partial charge in [0.1, 0.15) is 6.61 Å². The Bertz CT molecular complexity index is 1190. The number of rotatable bonds is 10. The molecule has 2 aromatic carbocycles. The van der Waals surface area contributed by atoms with Gasteiger partial charge in [-0.05, 0) is 59.9 Å². The van der Waals surface area contributed by atoms with E-state index in [1.54, 1.807) is 12.1 Å². The number of ether oxygens (including phenoxy) is 1. The van der Waals surface area contributed by atoms with Crippen LogP contribution in [0.5, 0.6) is 0 Å². The molecule has 40 heavy (non-hydrogen) atoms. The van der Waals surface area contributed by atoms with Crippen molar-refractivity contribution in [3.8, 4) is 0 Å². The van der Waals surface area contributed by atoms with Crippen LogP contribution in [0, 0.1) is 17.3 Å². The van der Waals surface area contributed by atoms with Crippen LogP contribution in [-0.4, -0.2) is 79.1 Å². The van der Waals surface area contributed by atoms with Gasteiger partial charge in [-0.25, -0.2) is 4.79 Å². The molecular weight excluding hydrogens is 524 g/mol. The molecule has 0 aromatic heterocycles. The maximum atomic E-state index is 13.4. The van der Waals surface area contributed by atoms with Gasteiger partial charge in [-0.15, -0.1) is 0 Å². The fourth-order valence-corrected chi connectivity index (χ4v) is 6.40. The van der Waals surface area contributed by atoms with Gasteiger partial charge in [-0.2, -0.15) is 0 Å². The van der Waals surface area contributed by atoms with E-state index >= 15 is 0 Å². The molecule has 8 heteroatoms. The topological polar surface area (TPSA) is 65.1 Å². The maximum Gasteiger partial charge on any atom is 0.322 e. The van der Waals surface area contributed by atoms with Crippen molar-refractivity contribution in [1.82, 2.24) is 14.7 Å². The number of nitrogens with zero attached hydrogens (tertiary/aromatic N) is 3. The van der Waals surface area contributed by atoms with Crippen LogP contribution >= 0.6 is 11.6 Å². The van der Waals surface area contributed by atoms with Crippen LogP contribution in [0.15, 0.2) is 66.2 Å². The molecule has 214 valence electrons. The molecule has 3 amide bonds. The molecule has 3 aliphatic carbocycles. The highest BCUT2D eigenvalue weighted by Gasteiger charge is 2.51. The third-order valence-corrected chi connectivity index (χ3v) is 9.34. The van der Waals surface area contributed by atoms with Crippen molar-refractivity contribution in [2.45, 2.75) is 33.3 Å². The summed E-state index contributed by atoms with van der Waals surface area (Å²) in [6, 6.07) is 17.0. The summed E-state index contributed by atoms with van der Waals surface area (Å²) in [6.45, 7) is 10.2. The molecule has 2 atom stereocenters. The van der Waals surface area contributed by atoms with Crippen molar-refractivity contribution in [3.63, 3.8) is 0 Å². The summed E-state index contributed by atoms with van der Waals surface area (Å²) >= 11 is 6.04. The SMILES string of the molecule is CC1(C)C2CC=C(CN(CCN3CCN(C(=O)COCc4ccccc4)CC3)C(=O)Nc3ccc(Cl)cc3)C1C2. The lowest BCUT2D eigenvalue weighted by molar-refractivity contribution is -0.138. The normalized spacial score (nSPS) is 21.8. The molecule has 2 bridgehead atoms. The number of halogens is 1. The first-order chi connectivity index (χ1) is 19.3. The van der Waals surface area contributed by atoms with Gasteiger partial charge < -0.3 is 19.9 Å². The average Bonchev–Trinajstić information content (AvgIpc) is 2.97. The highest BCUT2D eigenvalue weighted by Crippen LogP contribution is 2.59. The highest BCUT2D eigenvalue weighted by molar-refractivity contribution is 6.30. The lowest BCUT2D eigenvalue weighted by atomic mass is 9.49. The van der Waals surface area contributed by atoms with E-state index < -0.39 is 0 Å². The third kappa shape index (κ3) is 6.88. The Morgan fingerprint density at radius 1 is 1.05 bits per heavy atom. The van der Waals surface area contributed by atoms with E-state index in [2.05, 4.69) is 30.1 Å². The largest absolute Gasteiger partial charge is 0.367 e. The van der Waals surface area contributed by atoms with E-state index in [-0.39, 0.29) is 18.5 Å². The van der Waals surface area contributed by atoms with E-state index in [1.165, 1.54) is 12.0 Å². The van der Waals surface area contributed by atoms with Gasteiger partial charge in [-0.3, -0.25) is 9.69 Å². The van der Waals surface area contributed by atoms with Gasteiger partial charge in [0.25, 0.3) is 0 Å². The zero-order chi connectivity index (χ0) is 28.1. The van der Waals surface area contributed by atoms with Crippen LogP contribution in [0.4, 0.5) is 10.5 Å². The lowest BCUT2D eigenvalue weighted by Gasteiger charge is -2.57. The Morgan fingerprint density at radius 2 is 1.77 bits per heavy atom. The smallest absolute Gasteiger partial charge is 0.322 e. The summed E-state index contributed by atoms with van der Waals surface area (Å²) in [6.07, 6.45) is 4.71. The van der Waals surface area contributed by atoms with Crippen LogP contribution in [0.25, 0.3) is 0 Å². The summed E-state index contributed by atoms with van der Waals surface area (Å²) in [7, 11) is 0. The predicted molar refractivity (Wildman–Crippen MR) is 159 cm³/mol. The van der Waals surface area contributed by atoms with Crippen LogP contribution < -0.4 is 5.32 Å². The number of amides is 3. The monoisotopic (exact) mass is 564 g/mol. The van der Waals surface area contributed by atoms with Gasteiger partial charge >= 0.3 is 6.03 Å². The molecule has 1 saturated carbocycles. The Labute approximate surface area is 243 Å². The van der Waals surface area contributed by atoms with Crippen molar-refractivity contribution in [3.05, 3.63) is 76.8 Å². The zero-order valence-electron chi connectivity index (χ0n) is 23.7. The quantitative estimate of drug-likeness (QED) is 0.386. The number of anilines is 1. The molecule has 2 aromatic rings. The number of hydrogen-bond donors (Lipinski definition) is 1. The number of allylic oxidation sites excluding steroid dienone is 1. The van der Waals surface area contributed by atoms with Crippen LogP contribution in [0.3, 0.4) is 0 Å². The summed E-state index contributed by atoms with van der Waals surface area (Å²) in [5, 5.41) is 3.71. The number of hydrogen-bond acceptors (Lipinski definition) is 4. The molecule has 0 radical (unpaired) electrons. The lowest BCUT2D eigenvalue weighted by Crippen LogP contribution is -2.53. The molecule has 7 nitrogen and oxygen atoms in total. The Morgan fingerprint density at radius 3 is 2.45 bits per heavy atom. The van der Waals surface area contributed by atoms with E-state index in [0.717, 1.165) is 43.2 Å². The second-order valence-corrected chi connectivity index (χ2v) is 12.3. The summed E-state index contributed by atoms with van der Waals surface area (Å²) < 4.78 is 5.65. The molecule has 1 saturated heterocycles. The first-order valence-corrected chi connectivity index (χ1v) is 14.8. The fraction of sp³-hybridized carbons (Fsp3) is 0.500. The molecule has 1 aliphatic heterocycles. The molecule has 6 rings (SSSR count). The van der Waals surface area contributed by atoms with Crippen molar-refractivity contribution in [2.24, 2.45) is 17.3 Å². The number of carbonyl (C=O) groups excluding carboxylic acids is 2. The van der Waals surface area contributed by atoms with E-state index in [4.69, 9.17) is 16.3 Å². The third-order valence-electron chi connectivity index (χ3n) is 9.09. The number of benzene rings is 2. The molecule has 1 N–H and O–H groups in total. The zero-order valence-corrected chi connectivity index (χ0v) is 24.4. The number of fused-ring (bicyclic) bond motifs is 1. The Hall–Kier alpha value is -2.87. The highest BCUT2D eigenvalue weighted by atomic mass is 35.5. The van der Waals surface area contributed by atoms with Crippen molar-refractivity contribution >= 4 is 29.2 Å². The average molecular weight is 565 g/mol. The van der Waals surface area contributed by atoms with E-state index in [0.29, 0.717) is 49.1 Å². The summed E-state index contributed by atoms with van der Waals surface area (Å²) in [5.74, 6) is 1.35. The Balaban J connectivity index is 1.12. The van der Waals surface area contributed by atoms with E-state index in [1.807, 2.05) is 52.3 Å². The standard InChI is InChI=1S/C32H41ClN4O3/c1-32(2)26-9-8-25(29(32)20-26)21-37(31(39)34-28-12-10-27(33)11-13-28)19-16-35-14-17-36(18-15-35)30(38)23-40-22-24-6-4-3-5-7-24/h3-8,10-13,26,29H,9,14-23H2,1-2H3,(H,34,39).